The van der Waals surface area contributed by atoms with Gasteiger partial charge in [0.15, 0.2) is 5.12 Å². The van der Waals surface area contributed by atoms with Crippen LogP contribution >= 0.6 is 11.8 Å². The fourth-order valence-electron chi connectivity index (χ4n) is 2.15. The van der Waals surface area contributed by atoms with Crippen molar-refractivity contribution in [2.45, 2.75) is 65.0 Å². The van der Waals surface area contributed by atoms with Crippen molar-refractivity contribution in [1.29, 1.82) is 0 Å². The minimum Gasteiger partial charge on any atom is -0.299 e. The molecule has 1 aromatic rings. The lowest BCUT2D eigenvalue weighted by Crippen LogP contribution is -2.23. The summed E-state index contributed by atoms with van der Waals surface area (Å²) in [6, 6.07) is 9.90. The maximum absolute atomic E-state index is 12.4. The molecule has 1 rings (SSSR count). The highest BCUT2D eigenvalue weighted by Crippen LogP contribution is 2.33. The Hall–Kier alpha value is -1.09. The summed E-state index contributed by atoms with van der Waals surface area (Å²) in [5, 5.41) is 0.156. The molecular weight excluding hydrogens is 292 g/mol. The first-order valence-electron chi connectivity index (χ1n) is 7.79. The Balaban J connectivity index is 2.89. The van der Waals surface area contributed by atoms with E-state index in [2.05, 4.69) is 0 Å². The maximum atomic E-state index is 12.4. The van der Waals surface area contributed by atoms with E-state index in [0.717, 1.165) is 5.56 Å². The first kappa shape index (κ1) is 19.0. The summed E-state index contributed by atoms with van der Waals surface area (Å²) in [4.78, 5) is 24.7. The smallest absolute Gasteiger partial charge is 0.190 e. The Morgan fingerprint density at radius 3 is 1.95 bits per heavy atom. The molecule has 0 amide bonds. The van der Waals surface area contributed by atoms with Gasteiger partial charge >= 0.3 is 0 Å². The standard InChI is InChI=1S/C19H28O2S/c1-18(2,3)16(20)12-15(14-10-8-7-9-11-14)13-17(21)22-19(4,5)6/h7-11,15H,12-13H2,1-6H3/t15-/m0/s1. The largest absolute Gasteiger partial charge is 0.299 e. The highest BCUT2D eigenvalue weighted by molar-refractivity contribution is 8.14. The van der Waals surface area contributed by atoms with Crippen LogP contribution in [0.4, 0.5) is 0 Å². The summed E-state index contributed by atoms with van der Waals surface area (Å²) < 4.78 is -0.0909. The number of carbonyl (C=O) groups excluding carboxylic acids is 2. The van der Waals surface area contributed by atoms with Gasteiger partial charge in [-0.1, -0.05) is 83.6 Å². The summed E-state index contributed by atoms with van der Waals surface area (Å²) in [5.74, 6) is 0.171. The fraction of sp³-hybridized carbons (Fsp3) is 0.579. The minimum atomic E-state index is -0.368. The van der Waals surface area contributed by atoms with Crippen molar-refractivity contribution in [1.82, 2.24) is 0 Å². The fourth-order valence-corrected chi connectivity index (χ4v) is 3.11. The van der Waals surface area contributed by atoms with Gasteiger partial charge in [-0.3, -0.25) is 9.59 Å². The lowest BCUT2D eigenvalue weighted by Gasteiger charge is -2.23. The molecule has 0 bridgehead atoms. The van der Waals surface area contributed by atoms with Gasteiger partial charge in [-0.2, -0.15) is 0 Å². The van der Waals surface area contributed by atoms with Crippen molar-refractivity contribution in [3.05, 3.63) is 35.9 Å². The van der Waals surface area contributed by atoms with Gasteiger partial charge in [0.25, 0.3) is 0 Å². The van der Waals surface area contributed by atoms with Gasteiger partial charge in [0.05, 0.1) is 0 Å². The monoisotopic (exact) mass is 320 g/mol. The average Bonchev–Trinajstić information content (AvgIpc) is 2.35. The Labute approximate surface area is 139 Å². The molecule has 0 aromatic heterocycles. The molecule has 1 aromatic carbocycles. The molecule has 0 unspecified atom stereocenters. The topological polar surface area (TPSA) is 34.1 Å². The summed E-state index contributed by atoms with van der Waals surface area (Å²) in [6.45, 7) is 11.9. The van der Waals surface area contributed by atoms with Crippen LogP contribution in [0.2, 0.25) is 0 Å². The number of thioether (sulfide) groups is 1. The molecule has 0 N–H and O–H groups in total. The third-order valence-electron chi connectivity index (χ3n) is 3.37. The second-order valence-electron chi connectivity index (χ2n) is 7.78. The van der Waals surface area contributed by atoms with Crippen molar-refractivity contribution in [2.75, 3.05) is 0 Å². The van der Waals surface area contributed by atoms with Gasteiger partial charge in [-0.05, 0) is 11.5 Å². The van der Waals surface area contributed by atoms with Gasteiger partial charge < -0.3 is 0 Å². The van der Waals surface area contributed by atoms with Crippen LogP contribution in [0.5, 0.6) is 0 Å². The van der Waals surface area contributed by atoms with Crippen molar-refractivity contribution in [3.8, 4) is 0 Å². The van der Waals surface area contributed by atoms with Gasteiger partial charge in [0.1, 0.15) is 5.78 Å². The van der Waals surface area contributed by atoms with Crippen molar-refractivity contribution < 1.29 is 9.59 Å². The molecule has 2 nitrogen and oxygen atoms in total. The molecule has 3 heteroatoms. The van der Waals surface area contributed by atoms with E-state index in [1.807, 2.05) is 71.9 Å². The molecule has 0 aliphatic heterocycles. The molecule has 122 valence electrons. The van der Waals surface area contributed by atoms with Gasteiger partial charge in [-0.25, -0.2) is 0 Å². The SMILES string of the molecule is CC(C)(C)SC(=O)C[C@H](CC(=O)C(C)(C)C)c1ccccc1. The summed E-state index contributed by atoms with van der Waals surface area (Å²) >= 11 is 1.36. The first-order chi connectivity index (χ1) is 9.99. The van der Waals surface area contributed by atoms with E-state index in [0.29, 0.717) is 12.8 Å². The molecule has 0 saturated heterocycles. The van der Waals surface area contributed by atoms with E-state index in [4.69, 9.17) is 0 Å². The predicted molar refractivity (Wildman–Crippen MR) is 95.2 cm³/mol. The van der Waals surface area contributed by atoms with E-state index in [1.165, 1.54) is 11.8 Å². The van der Waals surface area contributed by atoms with Gasteiger partial charge in [0, 0.05) is 23.0 Å². The van der Waals surface area contributed by atoms with Crippen molar-refractivity contribution in [3.63, 3.8) is 0 Å². The molecule has 0 saturated carbocycles. The molecule has 22 heavy (non-hydrogen) atoms. The highest BCUT2D eigenvalue weighted by Gasteiger charge is 2.28. The van der Waals surface area contributed by atoms with E-state index in [9.17, 15) is 9.59 Å². The third kappa shape index (κ3) is 6.78. The quantitative estimate of drug-likeness (QED) is 0.745. The van der Waals surface area contributed by atoms with Crippen LogP contribution in [-0.4, -0.2) is 15.6 Å². The summed E-state index contributed by atoms with van der Waals surface area (Å²) in [7, 11) is 0. The van der Waals surface area contributed by atoms with Crippen LogP contribution < -0.4 is 0 Å². The number of hydrogen-bond donors (Lipinski definition) is 0. The van der Waals surface area contributed by atoms with Crippen molar-refractivity contribution in [2.24, 2.45) is 5.41 Å². The van der Waals surface area contributed by atoms with E-state index in [1.54, 1.807) is 0 Å². The van der Waals surface area contributed by atoms with Crippen LogP contribution in [0.15, 0.2) is 30.3 Å². The lowest BCUT2D eigenvalue weighted by molar-refractivity contribution is -0.126. The maximum Gasteiger partial charge on any atom is 0.190 e. The second-order valence-corrected chi connectivity index (χ2v) is 9.66. The molecule has 0 spiro atoms. The molecule has 1 atom stereocenters. The number of rotatable bonds is 5. The zero-order valence-electron chi connectivity index (χ0n) is 14.6. The number of benzene rings is 1. The van der Waals surface area contributed by atoms with E-state index >= 15 is 0 Å². The van der Waals surface area contributed by atoms with Gasteiger partial charge in [-0.15, -0.1) is 0 Å². The zero-order chi connectivity index (χ0) is 17.0. The normalized spacial score (nSPS) is 13.7. The first-order valence-corrected chi connectivity index (χ1v) is 8.61. The second kappa shape index (κ2) is 7.45. The molecule has 0 fully saturated rings. The Morgan fingerprint density at radius 2 is 1.50 bits per heavy atom. The van der Waals surface area contributed by atoms with E-state index < -0.39 is 0 Å². The minimum absolute atomic E-state index is 0.0322. The molecule has 0 heterocycles. The van der Waals surface area contributed by atoms with E-state index in [-0.39, 0.29) is 27.0 Å². The van der Waals surface area contributed by atoms with Crippen molar-refractivity contribution >= 4 is 22.7 Å². The number of carbonyl (C=O) groups is 2. The van der Waals surface area contributed by atoms with Crippen LogP contribution in [0.3, 0.4) is 0 Å². The molecule has 0 radical (unpaired) electrons. The Morgan fingerprint density at radius 1 is 0.955 bits per heavy atom. The number of hydrogen-bond acceptors (Lipinski definition) is 3. The Bertz CT molecular complexity index is 506. The van der Waals surface area contributed by atoms with Crippen LogP contribution in [0.25, 0.3) is 0 Å². The molecular formula is C19H28O2S. The van der Waals surface area contributed by atoms with Crippen LogP contribution in [-0.2, 0) is 9.59 Å². The van der Waals surface area contributed by atoms with Gasteiger partial charge in [0.2, 0.25) is 0 Å². The lowest BCUT2D eigenvalue weighted by atomic mass is 9.82. The summed E-state index contributed by atoms with van der Waals surface area (Å²) in [5.41, 5.74) is 0.704. The molecule has 0 aliphatic carbocycles. The number of ketones is 1. The summed E-state index contributed by atoms with van der Waals surface area (Å²) in [6.07, 6.45) is 0.831. The number of Topliss-reactive ketones (excluding diaryl/α,β-unsaturated/α-hetero) is 1. The van der Waals surface area contributed by atoms with Crippen LogP contribution in [0, 0.1) is 5.41 Å². The Kier molecular flexibility index (Phi) is 6.42. The molecule has 0 aliphatic rings. The average molecular weight is 320 g/mol. The third-order valence-corrected chi connectivity index (χ3v) is 4.38. The highest BCUT2D eigenvalue weighted by atomic mass is 32.2. The van der Waals surface area contributed by atoms with Crippen LogP contribution in [0.1, 0.15) is 65.9 Å². The zero-order valence-corrected chi connectivity index (χ0v) is 15.4. The predicted octanol–water partition coefficient (Wildman–Crippen LogP) is 5.22.